The maximum absolute atomic E-state index is 11.8. The van der Waals surface area contributed by atoms with Crippen molar-refractivity contribution in [2.45, 2.75) is 45.6 Å². The summed E-state index contributed by atoms with van der Waals surface area (Å²) in [6.45, 7) is 4.94. The number of imide groups is 1. The molecule has 114 valence electrons. The summed E-state index contributed by atoms with van der Waals surface area (Å²) >= 11 is 0. The molecular weight excluding hydrogens is 270 g/mol. The predicted molar refractivity (Wildman–Crippen MR) is 80.0 cm³/mol. The summed E-state index contributed by atoms with van der Waals surface area (Å²) in [5.74, 6) is 0.932. The Labute approximate surface area is 123 Å². The molecule has 7 nitrogen and oxygen atoms in total. The standard InChI is InChI=1S/C14H21N5O2/c1-3-7-15-12-9(4-2)13(17-8-16-12)18-10-5-6-11(20)19-14(10)21/h8,10H,3-7H2,1-2H3,(H,19,20,21)(H2,15,16,17,18). The molecule has 2 amide bonds. The minimum Gasteiger partial charge on any atom is -0.370 e. The zero-order chi connectivity index (χ0) is 15.2. The van der Waals surface area contributed by atoms with Crippen molar-refractivity contribution in [3.63, 3.8) is 0 Å². The third kappa shape index (κ3) is 3.68. The molecule has 7 heteroatoms. The molecule has 2 heterocycles. The van der Waals surface area contributed by atoms with Crippen LogP contribution in [-0.2, 0) is 16.0 Å². The van der Waals surface area contributed by atoms with Gasteiger partial charge in [-0.25, -0.2) is 9.97 Å². The van der Waals surface area contributed by atoms with Gasteiger partial charge in [-0.1, -0.05) is 13.8 Å². The number of amides is 2. The second-order valence-electron chi connectivity index (χ2n) is 4.98. The molecule has 2 rings (SSSR count). The molecular formula is C14H21N5O2. The van der Waals surface area contributed by atoms with Gasteiger partial charge in [-0.05, 0) is 19.3 Å². The van der Waals surface area contributed by atoms with E-state index in [2.05, 4.69) is 32.8 Å². The molecule has 0 bridgehead atoms. The molecule has 1 aliphatic rings. The average molecular weight is 291 g/mol. The lowest BCUT2D eigenvalue weighted by Crippen LogP contribution is -2.47. The van der Waals surface area contributed by atoms with Gasteiger partial charge >= 0.3 is 0 Å². The van der Waals surface area contributed by atoms with Crippen molar-refractivity contribution in [1.82, 2.24) is 15.3 Å². The van der Waals surface area contributed by atoms with Crippen LogP contribution in [0.25, 0.3) is 0 Å². The molecule has 1 saturated heterocycles. The van der Waals surface area contributed by atoms with E-state index in [0.717, 1.165) is 30.8 Å². The molecule has 0 aromatic carbocycles. The Morgan fingerprint density at radius 1 is 1.29 bits per heavy atom. The Kier molecular flexibility index (Phi) is 5.08. The molecule has 1 atom stereocenters. The van der Waals surface area contributed by atoms with E-state index in [-0.39, 0.29) is 11.8 Å². The lowest BCUT2D eigenvalue weighted by atomic mass is 10.1. The van der Waals surface area contributed by atoms with Crippen LogP contribution in [0.5, 0.6) is 0 Å². The predicted octanol–water partition coefficient (Wildman–Crippen LogP) is 1.08. The van der Waals surface area contributed by atoms with E-state index in [1.54, 1.807) is 0 Å². The summed E-state index contributed by atoms with van der Waals surface area (Å²) in [4.78, 5) is 31.5. The van der Waals surface area contributed by atoms with E-state index in [1.165, 1.54) is 6.33 Å². The van der Waals surface area contributed by atoms with E-state index in [9.17, 15) is 9.59 Å². The number of hydrogen-bond acceptors (Lipinski definition) is 6. The van der Waals surface area contributed by atoms with Crippen molar-refractivity contribution in [2.24, 2.45) is 0 Å². The maximum Gasteiger partial charge on any atom is 0.249 e. The summed E-state index contributed by atoms with van der Waals surface area (Å²) in [7, 11) is 0. The van der Waals surface area contributed by atoms with Crippen molar-refractivity contribution in [3.8, 4) is 0 Å². The number of hydrogen-bond donors (Lipinski definition) is 3. The molecule has 0 saturated carbocycles. The first-order valence-electron chi connectivity index (χ1n) is 7.33. The Balaban J connectivity index is 2.15. The minimum absolute atomic E-state index is 0.221. The molecule has 21 heavy (non-hydrogen) atoms. The highest BCUT2D eigenvalue weighted by Gasteiger charge is 2.27. The maximum atomic E-state index is 11.8. The van der Waals surface area contributed by atoms with Crippen LogP contribution >= 0.6 is 0 Å². The van der Waals surface area contributed by atoms with Gasteiger partial charge in [0.1, 0.15) is 24.0 Å². The zero-order valence-corrected chi connectivity index (χ0v) is 12.4. The van der Waals surface area contributed by atoms with Gasteiger partial charge < -0.3 is 10.6 Å². The van der Waals surface area contributed by atoms with Crippen LogP contribution in [0.1, 0.15) is 38.7 Å². The van der Waals surface area contributed by atoms with E-state index in [1.807, 2.05) is 6.92 Å². The van der Waals surface area contributed by atoms with Gasteiger partial charge in [0.05, 0.1) is 0 Å². The van der Waals surface area contributed by atoms with E-state index >= 15 is 0 Å². The Bertz CT molecular complexity index is 532. The molecule has 0 spiro atoms. The Morgan fingerprint density at radius 3 is 2.71 bits per heavy atom. The molecule has 1 aromatic rings. The summed E-state index contributed by atoms with van der Waals surface area (Å²) in [6.07, 6.45) is 4.06. The van der Waals surface area contributed by atoms with Crippen LogP contribution in [0.15, 0.2) is 6.33 Å². The van der Waals surface area contributed by atoms with Gasteiger partial charge in [0.2, 0.25) is 11.8 Å². The lowest BCUT2D eigenvalue weighted by Gasteiger charge is -2.23. The fourth-order valence-electron chi connectivity index (χ4n) is 2.26. The first-order valence-corrected chi connectivity index (χ1v) is 7.33. The number of nitrogens with one attached hydrogen (secondary N) is 3. The van der Waals surface area contributed by atoms with Crippen LogP contribution in [-0.4, -0.2) is 34.4 Å². The van der Waals surface area contributed by atoms with Crippen LogP contribution in [0.3, 0.4) is 0 Å². The van der Waals surface area contributed by atoms with Gasteiger partial charge in [-0.2, -0.15) is 0 Å². The number of piperidine rings is 1. The minimum atomic E-state index is -0.429. The van der Waals surface area contributed by atoms with Crippen molar-refractivity contribution in [2.75, 3.05) is 17.2 Å². The Morgan fingerprint density at radius 2 is 2.05 bits per heavy atom. The van der Waals surface area contributed by atoms with E-state index in [4.69, 9.17) is 0 Å². The highest BCUT2D eigenvalue weighted by atomic mass is 16.2. The molecule has 1 unspecified atom stereocenters. The summed E-state index contributed by atoms with van der Waals surface area (Å²) in [5.41, 5.74) is 0.954. The molecule has 1 fully saturated rings. The first-order chi connectivity index (χ1) is 10.2. The smallest absolute Gasteiger partial charge is 0.249 e. The van der Waals surface area contributed by atoms with Gasteiger partial charge in [0.15, 0.2) is 0 Å². The van der Waals surface area contributed by atoms with Crippen LogP contribution < -0.4 is 16.0 Å². The van der Waals surface area contributed by atoms with Crippen molar-refractivity contribution < 1.29 is 9.59 Å². The Hall–Kier alpha value is -2.18. The van der Waals surface area contributed by atoms with Crippen molar-refractivity contribution >= 4 is 23.5 Å². The van der Waals surface area contributed by atoms with Gasteiger partial charge in [-0.3, -0.25) is 14.9 Å². The fourth-order valence-corrected chi connectivity index (χ4v) is 2.26. The normalized spacial score (nSPS) is 18.3. The van der Waals surface area contributed by atoms with Gasteiger partial charge in [-0.15, -0.1) is 0 Å². The summed E-state index contributed by atoms with van der Waals surface area (Å²) < 4.78 is 0. The summed E-state index contributed by atoms with van der Waals surface area (Å²) in [5, 5.41) is 8.73. The highest BCUT2D eigenvalue weighted by molar-refractivity contribution is 6.01. The largest absolute Gasteiger partial charge is 0.370 e. The first kappa shape index (κ1) is 15.2. The van der Waals surface area contributed by atoms with E-state index < -0.39 is 6.04 Å². The van der Waals surface area contributed by atoms with Crippen LogP contribution in [0, 0.1) is 0 Å². The number of anilines is 2. The van der Waals surface area contributed by atoms with Gasteiger partial charge in [0, 0.05) is 18.5 Å². The number of carbonyl (C=O) groups excluding carboxylic acids is 2. The topological polar surface area (TPSA) is 96.0 Å². The third-order valence-corrected chi connectivity index (χ3v) is 3.39. The van der Waals surface area contributed by atoms with Gasteiger partial charge in [0.25, 0.3) is 0 Å². The summed E-state index contributed by atoms with van der Waals surface area (Å²) in [6, 6.07) is -0.429. The van der Waals surface area contributed by atoms with Crippen LogP contribution in [0.2, 0.25) is 0 Å². The second-order valence-corrected chi connectivity index (χ2v) is 4.98. The average Bonchev–Trinajstić information content (AvgIpc) is 2.48. The van der Waals surface area contributed by atoms with E-state index in [0.29, 0.717) is 18.7 Å². The molecule has 1 aliphatic heterocycles. The highest BCUT2D eigenvalue weighted by Crippen LogP contribution is 2.22. The van der Waals surface area contributed by atoms with Crippen molar-refractivity contribution in [3.05, 3.63) is 11.9 Å². The fraction of sp³-hybridized carbons (Fsp3) is 0.571. The number of carbonyl (C=O) groups is 2. The molecule has 3 N–H and O–H groups in total. The molecule has 0 radical (unpaired) electrons. The number of nitrogens with zero attached hydrogens (tertiary/aromatic N) is 2. The lowest BCUT2D eigenvalue weighted by molar-refractivity contribution is -0.133. The monoisotopic (exact) mass is 291 g/mol. The second kappa shape index (κ2) is 7.01. The molecule has 0 aliphatic carbocycles. The zero-order valence-electron chi connectivity index (χ0n) is 12.4. The number of rotatable bonds is 6. The number of aromatic nitrogens is 2. The quantitative estimate of drug-likeness (QED) is 0.679. The molecule has 1 aromatic heterocycles. The third-order valence-electron chi connectivity index (χ3n) is 3.39. The van der Waals surface area contributed by atoms with Crippen LogP contribution in [0.4, 0.5) is 11.6 Å². The van der Waals surface area contributed by atoms with Crippen molar-refractivity contribution in [1.29, 1.82) is 0 Å². The SMILES string of the molecule is CCCNc1ncnc(NC2CCC(=O)NC2=O)c1CC.